The van der Waals surface area contributed by atoms with Gasteiger partial charge in [0.15, 0.2) is 0 Å². The molecular formula is C28H26SiZr. The molecule has 0 unspecified atom stereocenters. The Hall–Kier alpha value is -2.02. The molecule has 0 atom stereocenters. The fraction of sp³-hybridized carbons (Fsp3) is 0.143. The molecular weight excluding hydrogens is 456 g/mol. The van der Waals surface area contributed by atoms with Crippen molar-refractivity contribution >= 4 is 13.4 Å². The number of rotatable bonds is 2. The van der Waals surface area contributed by atoms with Crippen molar-refractivity contribution in [1.82, 2.24) is 0 Å². The molecule has 4 aromatic carbocycles. The minimum atomic E-state index is -3.43. The minimum absolute atomic E-state index is 1.08. The summed E-state index contributed by atoms with van der Waals surface area (Å²) in [4.78, 5) is 0. The molecule has 0 N–H and O–H groups in total. The van der Waals surface area contributed by atoms with Gasteiger partial charge in [0.05, 0.1) is 0 Å². The third-order valence-corrected chi connectivity index (χ3v) is 22.7. The summed E-state index contributed by atoms with van der Waals surface area (Å²) in [6, 6.07) is 32.2. The summed E-state index contributed by atoms with van der Waals surface area (Å²) in [5, 5.41) is 0. The molecule has 6 rings (SSSR count). The van der Waals surface area contributed by atoms with Gasteiger partial charge in [0, 0.05) is 0 Å². The van der Waals surface area contributed by atoms with E-state index in [1.54, 1.807) is 17.7 Å². The zero-order valence-electron chi connectivity index (χ0n) is 17.7. The van der Waals surface area contributed by atoms with Crippen molar-refractivity contribution in [3.8, 4) is 22.3 Å². The SMILES string of the molecule is [CH3][Zr]([CH3])(=[SiH2])([c]1cccc2c1Cc1ccccc1-2)[c]1cccc2c1Cc1ccccc1-2. The first-order valence-electron chi connectivity index (χ1n) is 10.9. The van der Waals surface area contributed by atoms with Crippen LogP contribution in [0.4, 0.5) is 0 Å². The molecule has 0 amide bonds. The van der Waals surface area contributed by atoms with E-state index in [4.69, 9.17) is 0 Å². The van der Waals surface area contributed by atoms with E-state index < -0.39 is 17.4 Å². The summed E-state index contributed by atoms with van der Waals surface area (Å²) in [5.74, 6) is 0. The van der Waals surface area contributed by atoms with Gasteiger partial charge in [0.25, 0.3) is 0 Å². The van der Waals surface area contributed by atoms with E-state index >= 15 is 0 Å². The summed E-state index contributed by atoms with van der Waals surface area (Å²) in [6.45, 7) is 2.36. The van der Waals surface area contributed by atoms with Gasteiger partial charge in [-0.25, -0.2) is 0 Å². The number of benzene rings is 4. The third kappa shape index (κ3) is 2.53. The fourth-order valence-electron chi connectivity index (χ4n) is 5.96. The molecule has 146 valence electrons. The number of hydrogen-bond donors (Lipinski definition) is 0. The molecule has 0 heterocycles. The predicted molar refractivity (Wildman–Crippen MR) is 129 cm³/mol. The number of hydrogen-bond acceptors (Lipinski definition) is 0. The van der Waals surface area contributed by atoms with Crippen LogP contribution >= 0.6 is 0 Å². The van der Waals surface area contributed by atoms with Crippen LogP contribution in [-0.2, 0) is 30.2 Å². The van der Waals surface area contributed by atoms with Crippen molar-refractivity contribution in [2.45, 2.75) is 22.1 Å². The van der Waals surface area contributed by atoms with Gasteiger partial charge in [-0.15, -0.1) is 0 Å². The molecule has 0 saturated carbocycles. The van der Waals surface area contributed by atoms with Crippen LogP contribution in [0.25, 0.3) is 22.3 Å². The second kappa shape index (κ2) is 6.25. The Morgan fingerprint density at radius 3 is 1.40 bits per heavy atom. The second-order valence-corrected chi connectivity index (χ2v) is 38.4. The van der Waals surface area contributed by atoms with Crippen LogP contribution in [0.2, 0.25) is 9.26 Å². The Bertz CT molecular complexity index is 1320. The van der Waals surface area contributed by atoms with Crippen molar-refractivity contribution in [2.24, 2.45) is 0 Å². The quantitative estimate of drug-likeness (QED) is 0.301. The van der Waals surface area contributed by atoms with E-state index in [1.165, 1.54) is 33.4 Å². The Morgan fingerprint density at radius 2 is 0.933 bits per heavy atom. The summed E-state index contributed by atoms with van der Waals surface area (Å²) < 4.78 is 8.65. The van der Waals surface area contributed by atoms with Gasteiger partial charge in [-0.05, 0) is 0 Å². The van der Waals surface area contributed by atoms with Crippen molar-refractivity contribution in [3.63, 3.8) is 0 Å². The van der Waals surface area contributed by atoms with Gasteiger partial charge in [0.1, 0.15) is 0 Å². The van der Waals surface area contributed by atoms with Crippen LogP contribution in [0, 0.1) is 0 Å². The average molecular weight is 482 g/mol. The summed E-state index contributed by atoms with van der Waals surface area (Å²) in [6.07, 6.45) is 2.17. The first-order chi connectivity index (χ1) is 14.4. The van der Waals surface area contributed by atoms with Crippen LogP contribution in [-0.4, -0.2) is 6.88 Å². The van der Waals surface area contributed by atoms with E-state index in [-0.39, 0.29) is 0 Å². The molecule has 4 aromatic rings. The molecule has 0 bridgehead atoms. The van der Waals surface area contributed by atoms with Crippen LogP contribution in [0.3, 0.4) is 0 Å². The van der Waals surface area contributed by atoms with Gasteiger partial charge < -0.3 is 0 Å². The Kier molecular flexibility index (Phi) is 3.90. The molecule has 0 saturated heterocycles. The van der Waals surface area contributed by atoms with Crippen LogP contribution < -0.4 is 6.54 Å². The molecule has 2 heteroatoms. The summed E-state index contributed by atoms with van der Waals surface area (Å²) >= 11 is -3.43. The molecule has 2 aliphatic rings. The fourth-order valence-corrected chi connectivity index (χ4v) is 19.5. The zero-order valence-corrected chi connectivity index (χ0v) is 21.6. The van der Waals surface area contributed by atoms with E-state index in [1.807, 2.05) is 0 Å². The molecule has 0 spiro atoms. The van der Waals surface area contributed by atoms with Gasteiger partial charge >= 0.3 is 182 Å². The van der Waals surface area contributed by atoms with E-state index in [0.29, 0.717) is 0 Å². The van der Waals surface area contributed by atoms with Gasteiger partial charge in [-0.2, -0.15) is 0 Å². The summed E-state index contributed by atoms with van der Waals surface area (Å²) in [7, 11) is 0. The molecule has 0 radical (unpaired) electrons. The molecule has 2 aliphatic carbocycles. The van der Waals surface area contributed by atoms with Gasteiger partial charge in [-0.3, -0.25) is 0 Å². The topological polar surface area (TPSA) is 0 Å². The molecule has 0 aliphatic heterocycles. The maximum atomic E-state index is 2.65. The monoisotopic (exact) mass is 480 g/mol. The summed E-state index contributed by atoms with van der Waals surface area (Å²) in [5.41, 5.74) is 12.0. The third-order valence-electron chi connectivity index (χ3n) is 7.43. The molecule has 0 fully saturated rings. The predicted octanol–water partition coefficient (Wildman–Crippen LogP) is 5.11. The zero-order chi connectivity index (χ0) is 20.5. The van der Waals surface area contributed by atoms with Gasteiger partial charge in [0.2, 0.25) is 0 Å². The standard InChI is InChI=1S/2C13H9.2CH3.H2Si.Zr/c2*1-3-7-12-10(5-1)9-11-6-2-4-8-13(11)12;;;;/h2*1-5,7-8H,9H2;2*1H3;1H2;. The van der Waals surface area contributed by atoms with Gasteiger partial charge in [-0.1, -0.05) is 0 Å². The van der Waals surface area contributed by atoms with Crippen molar-refractivity contribution in [2.75, 3.05) is 0 Å². The van der Waals surface area contributed by atoms with Crippen LogP contribution in [0.15, 0.2) is 84.9 Å². The van der Waals surface area contributed by atoms with Crippen LogP contribution in [0.5, 0.6) is 0 Å². The van der Waals surface area contributed by atoms with E-state index in [0.717, 1.165) is 12.8 Å². The Morgan fingerprint density at radius 1 is 0.533 bits per heavy atom. The average Bonchev–Trinajstić information content (AvgIpc) is 3.31. The number of fused-ring (bicyclic) bond motifs is 6. The van der Waals surface area contributed by atoms with E-state index in [9.17, 15) is 0 Å². The molecule has 0 nitrogen and oxygen atoms in total. The normalized spacial score (nSPS) is 14.1. The first kappa shape index (κ1) is 18.7. The van der Waals surface area contributed by atoms with Crippen molar-refractivity contribution in [3.05, 3.63) is 107 Å². The maximum absolute atomic E-state index is 3.43. The molecule has 30 heavy (non-hydrogen) atoms. The van der Waals surface area contributed by atoms with E-state index in [2.05, 4.69) is 101 Å². The van der Waals surface area contributed by atoms with Crippen LogP contribution in [0.1, 0.15) is 22.3 Å². The first-order valence-corrected chi connectivity index (χ1v) is 24.2. The molecule has 0 aromatic heterocycles. The Balaban J connectivity index is 1.59. The van der Waals surface area contributed by atoms with Crippen molar-refractivity contribution in [1.29, 1.82) is 0 Å². The van der Waals surface area contributed by atoms with Crippen molar-refractivity contribution < 1.29 is 17.4 Å². The second-order valence-electron chi connectivity index (χ2n) is 10.0. The Labute approximate surface area is 181 Å².